The van der Waals surface area contributed by atoms with Gasteiger partial charge in [0.05, 0.1) is 12.6 Å². The molecule has 3 heterocycles. The monoisotopic (exact) mass is 293 g/mol. The number of carbonyl (C=O) groups is 1. The van der Waals surface area contributed by atoms with Crippen LogP contribution in [0.25, 0.3) is 0 Å². The second-order valence-electron chi connectivity index (χ2n) is 7.04. The molecule has 3 rings (SSSR count). The molecule has 1 unspecified atom stereocenters. The Bertz CT molecular complexity index is 539. The van der Waals surface area contributed by atoms with E-state index in [1.807, 2.05) is 31.5 Å². The second-order valence-corrected chi connectivity index (χ2v) is 7.04. The fourth-order valence-corrected chi connectivity index (χ4v) is 3.41. The second kappa shape index (κ2) is 4.73. The highest BCUT2D eigenvalue weighted by Crippen LogP contribution is 2.43. The van der Waals surface area contributed by atoms with Crippen LogP contribution in [0.3, 0.4) is 0 Å². The number of likely N-dealkylation sites (tertiary alicyclic amines) is 1. The van der Waals surface area contributed by atoms with Gasteiger partial charge in [-0.3, -0.25) is 4.68 Å². The van der Waals surface area contributed by atoms with Gasteiger partial charge < -0.3 is 14.7 Å². The number of aromatic nitrogens is 2. The van der Waals surface area contributed by atoms with Gasteiger partial charge in [0.1, 0.15) is 5.60 Å². The third kappa shape index (κ3) is 2.41. The number of aliphatic hydroxyl groups excluding tert-OH is 1. The number of fused-ring (bicyclic) bond motifs is 2. The lowest BCUT2D eigenvalue weighted by molar-refractivity contribution is 0.00233. The van der Waals surface area contributed by atoms with E-state index in [0.29, 0.717) is 19.6 Å². The molecule has 1 aromatic rings. The Morgan fingerprint density at radius 2 is 2.10 bits per heavy atom. The third-order valence-electron chi connectivity index (χ3n) is 4.52. The van der Waals surface area contributed by atoms with Gasteiger partial charge >= 0.3 is 6.09 Å². The molecule has 0 aromatic carbocycles. The minimum absolute atomic E-state index is 0.255. The highest BCUT2D eigenvalue weighted by atomic mass is 16.6. The molecule has 0 bridgehead atoms. The van der Waals surface area contributed by atoms with Crippen LogP contribution in [0, 0.1) is 0 Å². The third-order valence-corrected chi connectivity index (χ3v) is 4.52. The highest BCUT2D eigenvalue weighted by molar-refractivity contribution is 5.68. The normalized spacial score (nSPS) is 24.2. The number of nitrogens with zero attached hydrogens (tertiary/aromatic N) is 3. The van der Waals surface area contributed by atoms with E-state index in [9.17, 15) is 9.90 Å². The molecular formula is C15H23N3O3. The average molecular weight is 293 g/mol. The van der Waals surface area contributed by atoms with E-state index in [1.54, 1.807) is 11.1 Å². The fourth-order valence-electron chi connectivity index (χ4n) is 3.41. The Kier molecular flexibility index (Phi) is 3.24. The predicted molar refractivity (Wildman–Crippen MR) is 77.0 cm³/mol. The van der Waals surface area contributed by atoms with Crippen molar-refractivity contribution in [2.75, 3.05) is 13.1 Å². The molecule has 1 saturated heterocycles. The Balaban J connectivity index is 1.70. The number of rotatable bonds is 0. The largest absolute Gasteiger partial charge is 0.444 e. The lowest BCUT2D eigenvalue weighted by Gasteiger charge is -2.41. The number of piperidine rings is 1. The molecular weight excluding hydrogens is 270 g/mol. The molecule has 1 aromatic heterocycles. The molecule has 1 fully saturated rings. The van der Waals surface area contributed by atoms with Crippen molar-refractivity contribution in [3.8, 4) is 0 Å². The Morgan fingerprint density at radius 3 is 2.71 bits per heavy atom. The van der Waals surface area contributed by atoms with Gasteiger partial charge in [-0.15, -0.1) is 0 Å². The maximum absolute atomic E-state index is 12.1. The van der Waals surface area contributed by atoms with Crippen molar-refractivity contribution in [1.82, 2.24) is 14.7 Å². The average Bonchev–Trinajstić information content (AvgIpc) is 2.93. The summed E-state index contributed by atoms with van der Waals surface area (Å²) in [6.45, 7) is 7.38. The number of amides is 1. The summed E-state index contributed by atoms with van der Waals surface area (Å²) in [6, 6.07) is 1.99. The maximum atomic E-state index is 12.1. The summed E-state index contributed by atoms with van der Waals surface area (Å²) in [7, 11) is 0. The van der Waals surface area contributed by atoms with Gasteiger partial charge in [-0.1, -0.05) is 0 Å². The zero-order valence-electron chi connectivity index (χ0n) is 12.9. The van der Waals surface area contributed by atoms with Gasteiger partial charge in [-0.2, -0.15) is 5.10 Å². The van der Waals surface area contributed by atoms with Crippen molar-refractivity contribution < 1.29 is 14.6 Å². The van der Waals surface area contributed by atoms with Crippen LogP contribution in [-0.4, -0.2) is 50.7 Å². The molecule has 1 atom stereocenters. The first kappa shape index (κ1) is 14.4. The summed E-state index contributed by atoms with van der Waals surface area (Å²) in [4.78, 5) is 13.9. The molecule has 1 N–H and O–H groups in total. The lowest BCUT2D eigenvalue weighted by atomic mass is 9.73. The summed E-state index contributed by atoms with van der Waals surface area (Å²) in [6.07, 6.45) is 2.60. The summed E-state index contributed by atoms with van der Waals surface area (Å²) in [5, 5.41) is 14.7. The molecule has 116 valence electrons. The number of hydrogen-bond acceptors (Lipinski definition) is 4. The van der Waals surface area contributed by atoms with Crippen LogP contribution in [-0.2, 0) is 16.7 Å². The standard InChI is InChI=1S/C15H23N3O3/c1-14(2,3)21-13(20)17-8-5-15(6-9-17)11-4-7-16-18(11)10-12(15)19/h4,7,12,19H,5-6,8-10H2,1-3H3. The first-order valence-electron chi connectivity index (χ1n) is 7.50. The van der Waals surface area contributed by atoms with Gasteiger partial charge in [0.2, 0.25) is 0 Å². The summed E-state index contributed by atoms with van der Waals surface area (Å²) in [5.74, 6) is 0. The topological polar surface area (TPSA) is 67.6 Å². The Labute approximate surface area is 124 Å². The van der Waals surface area contributed by atoms with Crippen molar-refractivity contribution in [2.24, 2.45) is 0 Å². The summed E-state index contributed by atoms with van der Waals surface area (Å²) in [5.41, 5.74) is 0.367. The van der Waals surface area contributed by atoms with E-state index in [2.05, 4.69) is 5.10 Å². The van der Waals surface area contributed by atoms with Gasteiger partial charge in [0.25, 0.3) is 0 Å². The van der Waals surface area contributed by atoms with Crippen LogP contribution in [0.5, 0.6) is 0 Å². The molecule has 2 aliphatic rings. The van der Waals surface area contributed by atoms with Gasteiger partial charge in [-0.05, 0) is 39.7 Å². The molecule has 1 spiro atoms. The fraction of sp³-hybridized carbons (Fsp3) is 0.733. The van der Waals surface area contributed by atoms with Crippen molar-refractivity contribution in [1.29, 1.82) is 0 Å². The molecule has 0 radical (unpaired) electrons. The number of hydrogen-bond donors (Lipinski definition) is 1. The highest BCUT2D eigenvalue weighted by Gasteiger charge is 2.49. The van der Waals surface area contributed by atoms with E-state index in [0.717, 1.165) is 18.5 Å². The van der Waals surface area contributed by atoms with Crippen LogP contribution < -0.4 is 0 Å². The van der Waals surface area contributed by atoms with Crippen LogP contribution in [0.2, 0.25) is 0 Å². The van der Waals surface area contributed by atoms with Crippen molar-refractivity contribution in [3.63, 3.8) is 0 Å². The predicted octanol–water partition coefficient (Wildman–Crippen LogP) is 1.53. The van der Waals surface area contributed by atoms with Crippen LogP contribution in [0.15, 0.2) is 12.3 Å². The van der Waals surface area contributed by atoms with Gasteiger partial charge in [0, 0.05) is 30.4 Å². The minimum Gasteiger partial charge on any atom is -0.444 e. The lowest BCUT2D eigenvalue weighted by Crippen LogP contribution is -2.50. The minimum atomic E-state index is -0.474. The maximum Gasteiger partial charge on any atom is 0.410 e. The molecule has 21 heavy (non-hydrogen) atoms. The molecule has 6 nitrogen and oxygen atoms in total. The quantitative estimate of drug-likeness (QED) is 0.787. The molecule has 1 amide bonds. The van der Waals surface area contributed by atoms with Crippen LogP contribution >= 0.6 is 0 Å². The van der Waals surface area contributed by atoms with E-state index < -0.39 is 11.7 Å². The first-order chi connectivity index (χ1) is 9.82. The van der Waals surface area contributed by atoms with Crippen LogP contribution in [0.1, 0.15) is 39.3 Å². The van der Waals surface area contributed by atoms with E-state index >= 15 is 0 Å². The number of carbonyl (C=O) groups excluding carboxylic acids is 1. The molecule has 2 aliphatic heterocycles. The van der Waals surface area contributed by atoms with Gasteiger partial charge in [0.15, 0.2) is 0 Å². The smallest absolute Gasteiger partial charge is 0.410 e. The summed E-state index contributed by atoms with van der Waals surface area (Å²) >= 11 is 0. The van der Waals surface area contributed by atoms with Crippen molar-refractivity contribution in [2.45, 2.75) is 57.3 Å². The Hall–Kier alpha value is -1.56. The SMILES string of the molecule is CC(C)(C)OC(=O)N1CCC2(CC1)c1ccnn1CC2O. The zero-order chi connectivity index (χ0) is 15.3. The number of ether oxygens (including phenoxy) is 1. The van der Waals surface area contributed by atoms with Crippen LogP contribution in [0.4, 0.5) is 4.79 Å². The van der Waals surface area contributed by atoms with Gasteiger partial charge in [-0.25, -0.2) is 4.79 Å². The van der Waals surface area contributed by atoms with E-state index in [1.165, 1.54) is 0 Å². The molecule has 6 heteroatoms. The van der Waals surface area contributed by atoms with E-state index in [-0.39, 0.29) is 11.5 Å². The van der Waals surface area contributed by atoms with E-state index in [4.69, 9.17) is 4.74 Å². The Morgan fingerprint density at radius 1 is 1.43 bits per heavy atom. The van der Waals surface area contributed by atoms with Crippen molar-refractivity contribution >= 4 is 6.09 Å². The zero-order valence-corrected chi connectivity index (χ0v) is 12.9. The number of aliphatic hydroxyl groups is 1. The first-order valence-corrected chi connectivity index (χ1v) is 7.50. The summed E-state index contributed by atoms with van der Waals surface area (Å²) < 4.78 is 7.30. The van der Waals surface area contributed by atoms with Crippen molar-refractivity contribution in [3.05, 3.63) is 18.0 Å². The molecule has 0 aliphatic carbocycles. The molecule has 0 saturated carbocycles.